The molecule has 0 heterocycles. The highest BCUT2D eigenvalue weighted by atomic mass is 35.5. The molecule has 0 spiro atoms. The van der Waals surface area contributed by atoms with Crippen LogP contribution in [0.2, 0.25) is 10.0 Å². The summed E-state index contributed by atoms with van der Waals surface area (Å²) < 4.78 is 29.9. The average Bonchev–Trinajstić information content (AvgIpc) is 2.56. The summed E-state index contributed by atoms with van der Waals surface area (Å²) >= 11 is 20.8. The number of benzene rings is 2. The van der Waals surface area contributed by atoms with E-state index in [1.807, 2.05) is 6.07 Å². The summed E-state index contributed by atoms with van der Waals surface area (Å²) in [7, 11) is -4.04. The Bertz CT molecular complexity index is 872. The highest BCUT2D eigenvalue weighted by Gasteiger charge is 2.06. The van der Waals surface area contributed by atoms with Crippen molar-refractivity contribution in [2.75, 3.05) is 5.34 Å². The zero-order chi connectivity index (χ0) is 21.0. The van der Waals surface area contributed by atoms with Crippen molar-refractivity contribution in [1.29, 1.82) is 0 Å². The minimum atomic E-state index is -4.04. The minimum absolute atomic E-state index is 0.0568. The van der Waals surface area contributed by atoms with Gasteiger partial charge in [0.05, 0.1) is 20.8 Å². The molecule has 0 saturated heterocycles. The van der Waals surface area contributed by atoms with Crippen LogP contribution in [0.5, 0.6) is 0 Å². The van der Waals surface area contributed by atoms with Crippen LogP contribution in [0.25, 0.3) is 6.08 Å². The van der Waals surface area contributed by atoms with Crippen LogP contribution in [0.4, 0.5) is 0 Å². The Morgan fingerprint density at radius 2 is 1.63 bits per heavy atom. The minimum Gasteiger partial charge on any atom is -0.366 e. The van der Waals surface area contributed by atoms with Crippen molar-refractivity contribution < 1.29 is 17.8 Å². The maximum absolute atomic E-state index is 10.6. The first kappa shape index (κ1) is 25.7. The summed E-state index contributed by atoms with van der Waals surface area (Å²) in [5.41, 5.74) is 6.03. The first-order valence-corrected chi connectivity index (χ1v) is 10.4. The Morgan fingerprint density at radius 1 is 1.11 bits per heavy atom. The van der Waals surface area contributed by atoms with Gasteiger partial charge >= 0.3 is 0 Å². The molecule has 2 aromatic rings. The number of alkyl halides is 2. The van der Waals surface area contributed by atoms with Crippen molar-refractivity contribution >= 4 is 68.5 Å². The second-order valence-corrected chi connectivity index (χ2v) is 7.98. The molecule has 2 aromatic carbocycles. The van der Waals surface area contributed by atoms with Crippen LogP contribution in [0, 0.1) is 0 Å². The van der Waals surface area contributed by atoms with Crippen LogP contribution in [-0.4, -0.2) is 24.2 Å². The maximum atomic E-state index is 10.6. The molecule has 0 bridgehead atoms. The molecule has 0 fully saturated rings. The van der Waals surface area contributed by atoms with Gasteiger partial charge in [0.2, 0.25) is 5.91 Å². The Balaban J connectivity index is 0.000000442. The van der Waals surface area contributed by atoms with Gasteiger partial charge in [-0.1, -0.05) is 53.5 Å². The fourth-order valence-electron chi connectivity index (χ4n) is 1.55. The molecule has 0 unspecified atom stereocenters. The van der Waals surface area contributed by atoms with Crippen LogP contribution in [-0.2, 0) is 10.1 Å². The predicted molar refractivity (Wildman–Crippen MR) is 113 cm³/mol. The van der Waals surface area contributed by atoms with Gasteiger partial charge in [0.15, 0.2) is 0 Å². The van der Waals surface area contributed by atoms with Crippen LogP contribution in [0.1, 0.15) is 22.8 Å². The molecule has 1 amide bonds. The van der Waals surface area contributed by atoms with E-state index >= 15 is 0 Å². The molecule has 148 valence electrons. The maximum Gasteiger partial charge on any atom is 0.290 e. The third-order valence-electron chi connectivity index (χ3n) is 2.77. The van der Waals surface area contributed by atoms with Gasteiger partial charge in [0, 0.05) is 5.02 Å². The number of halogens is 4. The van der Waals surface area contributed by atoms with Gasteiger partial charge in [0.1, 0.15) is 0 Å². The first-order chi connectivity index (χ1) is 12.5. The van der Waals surface area contributed by atoms with E-state index in [0.717, 1.165) is 5.56 Å². The Morgan fingerprint density at radius 3 is 2.04 bits per heavy atom. The third-order valence-corrected chi connectivity index (χ3v) is 4.25. The van der Waals surface area contributed by atoms with Crippen molar-refractivity contribution in [3.05, 3.63) is 74.6 Å². The molecule has 2 rings (SSSR count). The van der Waals surface area contributed by atoms with Crippen molar-refractivity contribution in [3.8, 4) is 0 Å². The Hall–Kier alpha value is -1.28. The Labute approximate surface area is 178 Å². The quantitative estimate of drug-likeness (QED) is 0.458. The summed E-state index contributed by atoms with van der Waals surface area (Å²) in [5, 5.41) is 0.963. The van der Waals surface area contributed by atoms with Crippen molar-refractivity contribution in [2.45, 2.75) is 6.92 Å². The molecular weight excluding hydrogens is 456 g/mol. The molecular formula is C17H17Cl4NO4S. The normalized spacial score (nSPS) is 10.8. The van der Waals surface area contributed by atoms with E-state index in [-0.39, 0.29) is 20.8 Å². The molecule has 0 atom stereocenters. The summed E-state index contributed by atoms with van der Waals surface area (Å²) in [6.45, 7) is 1.35. The first-order valence-electron chi connectivity index (χ1n) is 7.10. The monoisotopic (exact) mass is 471 g/mol. The lowest BCUT2D eigenvalue weighted by Gasteiger charge is -1.97. The van der Waals surface area contributed by atoms with Crippen LogP contribution in [0.15, 0.2) is 53.4 Å². The molecule has 3 N–H and O–H groups in total. The van der Waals surface area contributed by atoms with E-state index in [2.05, 4.69) is 0 Å². The SMILES string of the molecule is CC(=Cc1ccccc1)S(=O)(=O)O.ClCCl.NC(=O)c1ccc(Cl)cc1Cl. The van der Waals surface area contributed by atoms with E-state index in [9.17, 15) is 13.2 Å². The summed E-state index contributed by atoms with van der Waals surface area (Å²) in [5.74, 6) is -0.549. The number of amides is 1. The molecule has 0 saturated carbocycles. The van der Waals surface area contributed by atoms with Gasteiger partial charge in [-0.2, -0.15) is 8.42 Å². The highest BCUT2D eigenvalue weighted by molar-refractivity contribution is 7.89. The Kier molecular flexibility index (Phi) is 12.4. The fourth-order valence-corrected chi connectivity index (χ4v) is 2.33. The lowest BCUT2D eigenvalue weighted by molar-refractivity contribution is 0.100. The molecule has 0 aromatic heterocycles. The zero-order valence-corrected chi connectivity index (χ0v) is 17.9. The molecule has 0 aliphatic carbocycles. The van der Waals surface area contributed by atoms with E-state index in [1.54, 1.807) is 30.3 Å². The van der Waals surface area contributed by atoms with Gasteiger partial charge in [-0.05, 0) is 36.8 Å². The summed E-state index contributed by atoms with van der Waals surface area (Å²) in [6.07, 6.45) is 1.41. The van der Waals surface area contributed by atoms with Crippen LogP contribution < -0.4 is 5.73 Å². The van der Waals surface area contributed by atoms with Gasteiger partial charge in [-0.25, -0.2) is 0 Å². The molecule has 27 heavy (non-hydrogen) atoms. The van der Waals surface area contributed by atoms with Crippen molar-refractivity contribution in [1.82, 2.24) is 0 Å². The standard InChI is InChI=1S/C9H10O3S.C7H5Cl2NO.CH2Cl2/c1-8(13(10,11)12)7-9-5-3-2-4-6-9;8-4-1-2-5(7(10)11)6(9)3-4;2-1-3/h2-7H,1H3,(H,10,11,12);1-3H,(H2,10,11);1H2. The topological polar surface area (TPSA) is 97.5 Å². The predicted octanol–water partition coefficient (Wildman–Crippen LogP) is 5.45. The second-order valence-electron chi connectivity index (χ2n) is 4.73. The van der Waals surface area contributed by atoms with E-state index in [4.69, 9.17) is 56.7 Å². The van der Waals surface area contributed by atoms with E-state index < -0.39 is 16.0 Å². The van der Waals surface area contributed by atoms with Gasteiger partial charge in [-0.3, -0.25) is 9.35 Å². The second kappa shape index (κ2) is 13.0. The number of hydrogen-bond acceptors (Lipinski definition) is 3. The van der Waals surface area contributed by atoms with Crippen molar-refractivity contribution in [2.24, 2.45) is 5.73 Å². The number of nitrogens with two attached hydrogens (primary N) is 1. The molecule has 10 heteroatoms. The van der Waals surface area contributed by atoms with Gasteiger partial charge in [0.25, 0.3) is 10.1 Å². The molecule has 0 radical (unpaired) electrons. The largest absolute Gasteiger partial charge is 0.366 e. The van der Waals surface area contributed by atoms with E-state index in [1.165, 1.54) is 25.1 Å². The van der Waals surface area contributed by atoms with Crippen molar-refractivity contribution in [3.63, 3.8) is 0 Å². The highest BCUT2D eigenvalue weighted by Crippen LogP contribution is 2.20. The summed E-state index contributed by atoms with van der Waals surface area (Å²) in [4.78, 5) is 10.6. The number of allylic oxidation sites excluding steroid dienone is 1. The van der Waals surface area contributed by atoms with Crippen LogP contribution >= 0.6 is 46.4 Å². The summed E-state index contributed by atoms with van der Waals surface area (Å²) in [6, 6.07) is 13.5. The molecule has 0 aliphatic heterocycles. The van der Waals surface area contributed by atoms with E-state index in [0.29, 0.717) is 5.02 Å². The number of hydrogen-bond donors (Lipinski definition) is 2. The molecule has 0 aliphatic rings. The molecule has 5 nitrogen and oxygen atoms in total. The number of carbonyl (C=O) groups is 1. The van der Waals surface area contributed by atoms with Crippen LogP contribution in [0.3, 0.4) is 0 Å². The lowest BCUT2D eigenvalue weighted by Crippen LogP contribution is -2.11. The smallest absolute Gasteiger partial charge is 0.290 e. The average molecular weight is 473 g/mol. The number of carbonyl (C=O) groups excluding carboxylic acids is 1. The van der Waals surface area contributed by atoms with Gasteiger partial charge < -0.3 is 5.73 Å². The van der Waals surface area contributed by atoms with Gasteiger partial charge in [-0.15, -0.1) is 23.2 Å². The fraction of sp³-hybridized carbons (Fsp3) is 0.118. The lowest BCUT2D eigenvalue weighted by atomic mass is 10.2. The number of primary amides is 1. The number of rotatable bonds is 3. The third kappa shape index (κ3) is 11.2. The zero-order valence-electron chi connectivity index (χ0n) is 14.1.